The molecule has 0 saturated heterocycles. The van der Waals surface area contributed by atoms with Crippen molar-refractivity contribution in [2.45, 2.75) is 18.8 Å². The van der Waals surface area contributed by atoms with E-state index in [9.17, 15) is 4.79 Å². The first-order chi connectivity index (χ1) is 9.62. The van der Waals surface area contributed by atoms with Crippen molar-refractivity contribution in [3.8, 4) is 0 Å². The van der Waals surface area contributed by atoms with Gasteiger partial charge in [-0.05, 0) is 12.5 Å². The topological polar surface area (TPSA) is 65.2 Å². The van der Waals surface area contributed by atoms with E-state index >= 15 is 0 Å². The van der Waals surface area contributed by atoms with Gasteiger partial charge in [0.2, 0.25) is 0 Å². The molecule has 0 fully saturated rings. The number of rotatable bonds is 5. The lowest BCUT2D eigenvalue weighted by atomic mass is 9.77. The molecule has 0 bridgehead atoms. The Labute approximate surface area is 122 Å². The van der Waals surface area contributed by atoms with Gasteiger partial charge in [0.15, 0.2) is 0 Å². The number of hydrogen-bond acceptors (Lipinski definition) is 5. The molecule has 2 rings (SSSR count). The fourth-order valence-corrected chi connectivity index (χ4v) is 3.03. The first-order valence-electron chi connectivity index (χ1n) is 6.36. The predicted molar refractivity (Wildman–Crippen MR) is 79.7 cm³/mol. The highest BCUT2D eigenvalue weighted by atomic mass is 32.1. The van der Waals surface area contributed by atoms with E-state index in [1.165, 1.54) is 18.4 Å². The first-order valence-corrected chi connectivity index (χ1v) is 7.24. The van der Waals surface area contributed by atoms with Crippen molar-refractivity contribution in [2.75, 3.05) is 13.7 Å². The number of nitrogens with zero attached hydrogens (tertiary/aromatic N) is 1. The van der Waals surface area contributed by atoms with Crippen LogP contribution < -0.4 is 5.73 Å². The Morgan fingerprint density at radius 3 is 2.85 bits per heavy atom. The zero-order valence-electron chi connectivity index (χ0n) is 11.6. The maximum absolute atomic E-state index is 12.4. The molecule has 106 valence electrons. The average molecular weight is 290 g/mol. The van der Waals surface area contributed by atoms with Gasteiger partial charge in [0.1, 0.15) is 5.41 Å². The summed E-state index contributed by atoms with van der Waals surface area (Å²) >= 11 is 1.52. The van der Waals surface area contributed by atoms with Crippen LogP contribution in [-0.2, 0) is 21.4 Å². The lowest BCUT2D eigenvalue weighted by molar-refractivity contribution is -0.147. The van der Waals surface area contributed by atoms with Crippen molar-refractivity contribution in [1.29, 1.82) is 0 Å². The fraction of sp³-hybridized carbons (Fsp3) is 0.333. The number of aryl methyl sites for hydroxylation is 1. The van der Waals surface area contributed by atoms with Crippen LogP contribution in [0.1, 0.15) is 16.1 Å². The Morgan fingerprint density at radius 2 is 2.30 bits per heavy atom. The first kappa shape index (κ1) is 14.7. The van der Waals surface area contributed by atoms with Gasteiger partial charge in [-0.2, -0.15) is 0 Å². The molecule has 0 spiro atoms. The van der Waals surface area contributed by atoms with E-state index in [4.69, 9.17) is 10.5 Å². The Hall–Kier alpha value is -1.72. The smallest absolute Gasteiger partial charge is 0.318 e. The van der Waals surface area contributed by atoms with Crippen molar-refractivity contribution < 1.29 is 9.53 Å². The lowest BCUT2D eigenvalue weighted by Crippen LogP contribution is -2.45. The predicted octanol–water partition coefficient (Wildman–Crippen LogP) is 2.06. The van der Waals surface area contributed by atoms with E-state index in [-0.39, 0.29) is 12.5 Å². The average Bonchev–Trinajstić information content (AvgIpc) is 2.96. The molecule has 2 aromatic rings. The molecule has 0 saturated carbocycles. The molecule has 0 amide bonds. The lowest BCUT2D eigenvalue weighted by Gasteiger charge is -2.29. The van der Waals surface area contributed by atoms with Gasteiger partial charge in [0.05, 0.1) is 12.1 Å². The number of carbonyl (C=O) groups is 1. The second-order valence-electron chi connectivity index (χ2n) is 4.75. The quantitative estimate of drug-likeness (QED) is 0.856. The molecule has 5 heteroatoms. The molecule has 1 heterocycles. The highest BCUT2D eigenvalue weighted by Crippen LogP contribution is 2.30. The van der Waals surface area contributed by atoms with Gasteiger partial charge >= 0.3 is 5.97 Å². The SMILES string of the molecule is COC(=O)C(CN)(Cc1nccs1)c1cccc(C)c1. The van der Waals surface area contributed by atoms with Crippen LogP contribution in [0.15, 0.2) is 35.8 Å². The summed E-state index contributed by atoms with van der Waals surface area (Å²) < 4.78 is 5.01. The molecule has 2 N–H and O–H groups in total. The Balaban J connectivity index is 2.49. The molecule has 1 atom stereocenters. The van der Waals surface area contributed by atoms with Crippen molar-refractivity contribution in [2.24, 2.45) is 5.73 Å². The minimum absolute atomic E-state index is 0.183. The zero-order chi connectivity index (χ0) is 14.6. The summed E-state index contributed by atoms with van der Waals surface area (Å²) in [6, 6.07) is 7.83. The molecule has 0 aliphatic rings. The van der Waals surface area contributed by atoms with Crippen LogP contribution in [0, 0.1) is 6.92 Å². The van der Waals surface area contributed by atoms with E-state index in [2.05, 4.69) is 4.98 Å². The Morgan fingerprint density at radius 1 is 1.50 bits per heavy atom. The van der Waals surface area contributed by atoms with E-state index in [1.54, 1.807) is 6.20 Å². The summed E-state index contributed by atoms with van der Waals surface area (Å²) in [6.45, 7) is 2.17. The number of esters is 1. The number of carbonyl (C=O) groups excluding carboxylic acids is 1. The van der Waals surface area contributed by atoms with E-state index in [1.807, 2.05) is 36.6 Å². The summed E-state index contributed by atoms with van der Waals surface area (Å²) in [7, 11) is 1.39. The number of hydrogen-bond donors (Lipinski definition) is 1. The van der Waals surface area contributed by atoms with Gasteiger partial charge in [-0.15, -0.1) is 11.3 Å². The largest absolute Gasteiger partial charge is 0.468 e. The van der Waals surface area contributed by atoms with E-state index in [0.717, 1.165) is 16.1 Å². The third kappa shape index (κ3) is 2.73. The molecule has 0 radical (unpaired) electrons. The van der Waals surface area contributed by atoms with Crippen LogP contribution in [0.5, 0.6) is 0 Å². The number of benzene rings is 1. The van der Waals surface area contributed by atoms with Crippen LogP contribution in [0.25, 0.3) is 0 Å². The number of aromatic nitrogens is 1. The number of methoxy groups -OCH3 is 1. The van der Waals surface area contributed by atoms with Crippen molar-refractivity contribution in [1.82, 2.24) is 4.98 Å². The maximum atomic E-state index is 12.4. The minimum atomic E-state index is -0.876. The van der Waals surface area contributed by atoms with Crippen molar-refractivity contribution in [3.63, 3.8) is 0 Å². The highest BCUT2D eigenvalue weighted by Gasteiger charge is 2.41. The summed E-state index contributed by atoms with van der Waals surface area (Å²) in [5.74, 6) is -0.319. The monoisotopic (exact) mass is 290 g/mol. The van der Waals surface area contributed by atoms with Crippen molar-refractivity contribution in [3.05, 3.63) is 52.0 Å². The van der Waals surface area contributed by atoms with Crippen LogP contribution in [-0.4, -0.2) is 24.6 Å². The fourth-order valence-electron chi connectivity index (χ4n) is 2.30. The summed E-state index contributed by atoms with van der Waals surface area (Å²) in [5.41, 5.74) is 7.05. The summed E-state index contributed by atoms with van der Waals surface area (Å²) in [5, 5.41) is 2.77. The second kappa shape index (κ2) is 6.15. The molecule has 1 aromatic carbocycles. The van der Waals surface area contributed by atoms with Gasteiger partial charge in [-0.3, -0.25) is 4.79 Å². The molecule has 20 heavy (non-hydrogen) atoms. The molecule has 0 aliphatic heterocycles. The van der Waals surface area contributed by atoms with Crippen molar-refractivity contribution >= 4 is 17.3 Å². The second-order valence-corrected chi connectivity index (χ2v) is 5.73. The Kier molecular flexibility index (Phi) is 4.52. The van der Waals surface area contributed by atoms with Gasteiger partial charge in [-0.25, -0.2) is 4.98 Å². The molecular weight excluding hydrogens is 272 g/mol. The summed E-state index contributed by atoms with van der Waals surface area (Å²) in [4.78, 5) is 16.6. The van der Waals surface area contributed by atoms with Crippen LogP contribution in [0.3, 0.4) is 0 Å². The zero-order valence-corrected chi connectivity index (χ0v) is 12.4. The standard InChI is InChI=1S/C15H18N2O2S/c1-11-4-3-5-12(8-11)15(10-16,14(18)19-2)9-13-17-6-7-20-13/h3-8H,9-10,16H2,1-2H3. The van der Waals surface area contributed by atoms with Gasteiger partial charge in [-0.1, -0.05) is 29.8 Å². The molecule has 1 unspecified atom stereocenters. The number of ether oxygens (including phenoxy) is 1. The van der Waals surface area contributed by atoms with E-state index < -0.39 is 5.41 Å². The van der Waals surface area contributed by atoms with Gasteiger partial charge in [0, 0.05) is 24.5 Å². The van der Waals surface area contributed by atoms with Crippen LogP contribution in [0.4, 0.5) is 0 Å². The third-order valence-electron chi connectivity index (χ3n) is 3.43. The van der Waals surface area contributed by atoms with Crippen LogP contribution >= 0.6 is 11.3 Å². The maximum Gasteiger partial charge on any atom is 0.318 e. The van der Waals surface area contributed by atoms with Gasteiger partial charge < -0.3 is 10.5 Å². The van der Waals surface area contributed by atoms with E-state index in [0.29, 0.717) is 6.42 Å². The highest BCUT2D eigenvalue weighted by molar-refractivity contribution is 7.09. The molecule has 4 nitrogen and oxygen atoms in total. The Bertz CT molecular complexity index is 583. The van der Waals surface area contributed by atoms with Gasteiger partial charge in [0.25, 0.3) is 0 Å². The molecular formula is C15H18N2O2S. The normalized spacial score (nSPS) is 13.8. The third-order valence-corrected chi connectivity index (χ3v) is 4.21. The molecule has 0 aliphatic carbocycles. The minimum Gasteiger partial charge on any atom is -0.468 e. The van der Waals surface area contributed by atoms with Crippen LogP contribution in [0.2, 0.25) is 0 Å². The molecule has 1 aromatic heterocycles. The summed E-state index contributed by atoms with van der Waals surface area (Å²) in [6.07, 6.45) is 2.19. The number of thiazole rings is 1. The number of nitrogens with two attached hydrogens (primary N) is 1.